The maximum absolute atomic E-state index is 12.1. The summed E-state index contributed by atoms with van der Waals surface area (Å²) in [4.78, 5) is 28.8. The molecule has 142 valence electrons. The zero-order chi connectivity index (χ0) is 19.6. The molecular formula is C17H22N8NaO2+. The van der Waals surface area contributed by atoms with Gasteiger partial charge in [-0.25, -0.2) is 24.7 Å². The van der Waals surface area contributed by atoms with E-state index in [0.29, 0.717) is 28.5 Å². The minimum absolute atomic E-state index is 0. The first kappa shape index (κ1) is 21.7. The molecule has 11 heteroatoms. The van der Waals surface area contributed by atoms with E-state index in [-0.39, 0.29) is 36.9 Å². The Morgan fingerprint density at radius 3 is 2.57 bits per heavy atom. The van der Waals surface area contributed by atoms with Crippen LogP contribution in [0, 0.1) is 0 Å². The van der Waals surface area contributed by atoms with Crippen LogP contribution in [0.25, 0.3) is 22.8 Å². The first-order chi connectivity index (χ1) is 12.7. The van der Waals surface area contributed by atoms with E-state index in [1.165, 1.54) is 0 Å². The van der Waals surface area contributed by atoms with Gasteiger partial charge in [-0.05, 0) is 26.8 Å². The molecule has 3 aromatic rings. The number of hydrogen-bond donors (Lipinski definition) is 2. The van der Waals surface area contributed by atoms with E-state index in [9.17, 15) is 4.79 Å². The number of nitrogen functional groups attached to an aromatic ring is 1. The molecule has 0 aliphatic heterocycles. The average Bonchev–Trinajstić information content (AvgIpc) is 2.94. The first-order valence-corrected chi connectivity index (χ1v) is 8.16. The number of ether oxygens (including phenoxy) is 1. The summed E-state index contributed by atoms with van der Waals surface area (Å²) >= 11 is 0. The van der Waals surface area contributed by atoms with Crippen molar-refractivity contribution in [2.75, 3.05) is 11.1 Å². The van der Waals surface area contributed by atoms with Crippen molar-refractivity contribution in [3.8, 4) is 22.8 Å². The van der Waals surface area contributed by atoms with E-state index in [1.807, 2.05) is 0 Å². The second-order valence-corrected chi connectivity index (χ2v) is 6.79. The van der Waals surface area contributed by atoms with E-state index >= 15 is 0 Å². The zero-order valence-corrected chi connectivity index (χ0v) is 15.5. The Bertz CT molecular complexity index is 972. The van der Waals surface area contributed by atoms with Crippen molar-refractivity contribution in [1.29, 1.82) is 0 Å². The Balaban J connectivity index is 0.00000210. The third-order valence-corrected chi connectivity index (χ3v) is 3.30. The second-order valence-electron chi connectivity index (χ2n) is 6.79. The molecule has 3 heterocycles. The molecule has 0 aliphatic rings. The molecule has 0 unspecified atom stereocenters. The van der Waals surface area contributed by atoms with Gasteiger partial charge in [0.05, 0.1) is 11.4 Å². The number of rotatable bonds is 3. The molecule has 1 amide bonds. The van der Waals surface area contributed by atoms with Crippen LogP contribution in [0.5, 0.6) is 0 Å². The van der Waals surface area contributed by atoms with Crippen molar-refractivity contribution >= 4 is 47.3 Å². The first-order valence-electron chi connectivity index (χ1n) is 8.16. The summed E-state index contributed by atoms with van der Waals surface area (Å²) < 4.78 is 6.85. The van der Waals surface area contributed by atoms with Crippen molar-refractivity contribution in [3.63, 3.8) is 0 Å². The van der Waals surface area contributed by atoms with E-state index < -0.39 is 11.7 Å². The Morgan fingerprint density at radius 1 is 1.25 bits per heavy atom. The third kappa shape index (κ3) is 5.47. The third-order valence-electron chi connectivity index (χ3n) is 3.30. The molecule has 0 saturated heterocycles. The van der Waals surface area contributed by atoms with Crippen molar-refractivity contribution in [2.45, 2.75) is 26.4 Å². The van der Waals surface area contributed by atoms with Gasteiger partial charge in [0.1, 0.15) is 5.60 Å². The molecule has 10 nitrogen and oxygen atoms in total. The molecule has 0 fully saturated rings. The van der Waals surface area contributed by atoms with Crippen molar-refractivity contribution in [1.82, 2.24) is 29.7 Å². The van der Waals surface area contributed by atoms with E-state index in [2.05, 4.69) is 30.4 Å². The molecule has 0 bridgehead atoms. The number of amides is 1. The summed E-state index contributed by atoms with van der Waals surface area (Å²) in [7, 11) is 1.74. The number of anilines is 2. The van der Waals surface area contributed by atoms with E-state index in [0.717, 1.165) is 0 Å². The number of nitrogens with zero attached hydrogens (tertiary/aromatic N) is 6. The summed E-state index contributed by atoms with van der Waals surface area (Å²) in [6.07, 6.45) is 5.82. The molecule has 0 aliphatic carbocycles. The number of nitrogens with one attached hydrogen (secondary N) is 1. The molecule has 3 rings (SSSR count). The molecule has 3 N–H and O–H groups in total. The number of nitrogens with two attached hydrogens (primary N) is 1. The minimum atomic E-state index is -0.613. The molecule has 28 heavy (non-hydrogen) atoms. The SMILES string of the molecule is Cn1cc(NC(=O)OC(C)(C)C)c(-c2nccc(-c3cnc(N)nc3)n2)n1.[H+].[NaH]. The zero-order valence-electron chi connectivity index (χ0n) is 16.5. The van der Waals surface area contributed by atoms with Crippen LogP contribution in [0.2, 0.25) is 0 Å². The van der Waals surface area contributed by atoms with Gasteiger partial charge in [-0.3, -0.25) is 10.00 Å². The van der Waals surface area contributed by atoms with Crippen LogP contribution in [0.1, 0.15) is 22.2 Å². The van der Waals surface area contributed by atoms with Gasteiger partial charge in [-0.15, -0.1) is 0 Å². The monoisotopic (exact) mass is 393 g/mol. The van der Waals surface area contributed by atoms with Crippen LogP contribution < -0.4 is 11.1 Å². The van der Waals surface area contributed by atoms with Crippen molar-refractivity contribution in [2.24, 2.45) is 7.05 Å². The summed E-state index contributed by atoms with van der Waals surface area (Å²) in [6, 6.07) is 1.72. The average molecular weight is 393 g/mol. The topological polar surface area (TPSA) is 134 Å². The predicted molar refractivity (Wildman–Crippen MR) is 108 cm³/mol. The van der Waals surface area contributed by atoms with Crippen LogP contribution >= 0.6 is 0 Å². The number of carbonyl (C=O) groups is 1. The predicted octanol–water partition coefficient (Wildman–Crippen LogP) is 1.73. The van der Waals surface area contributed by atoms with Crippen molar-refractivity contribution < 1.29 is 11.0 Å². The number of aromatic nitrogens is 6. The fraction of sp³-hybridized carbons (Fsp3) is 0.294. The molecular weight excluding hydrogens is 371 g/mol. The van der Waals surface area contributed by atoms with Gasteiger partial charge in [0, 0.05) is 37.4 Å². The quantitative estimate of drug-likeness (QED) is 0.643. The normalized spacial score (nSPS) is 10.9. The van der Waals surface area contributed by atoms with Gasteiger partial charge >= 0.3 is 37.1 Å². The van der Waals surface area contributed by atoms with Gasteiger partial charge < -0.3 is 10.5 Å². The van der Waals surface area contributed by atoms with Gasteiger partial charge in [0.15, 0.2) is 11.5 Å². The van der Waals surface area contributed by atoms with Gasteiger partial charge in [0.2, 0.25) is 5.95 Å². The molecule has 3 aromatic heterocycles. The van der Waals surface area contributed by atoms with Gasteiger partial charge in [-0.1, -0.05) is 0 Å². The molecule has 0 radical (unpaired) electrons. The Morgan fingerprint density at radius 2 is 1.93 bits per heavy atom. The van der Waals surface area contributed by atoms with Crippen LogP contribution in [0.3, 0.4) is 0 Å². The molecule has 0 saturated carbocycles. The maximum atomic E-state index is 12.1. The summed E-state index contributed by atoms with van der Waals surface area (Å²) in [5.41, 5.74) is 7.06. The van der Waals surface area contributed by atoms with Crippen LogP contribution in [0.4, 0.5) is 16.4 Å². The van der Waals surface area contributed by atoms with E-state index in [1.54, 1.807) is 63.4 Å². The summed E-state index contributed by atoms with van der Waals surface area (Å²) in [6.45, 7) is 5.37. The van der Waals surface area contributed by atoms with E-state index in [4.69, 9.17) is 10.5 Å². The molecule has 0 atom stereocenters. The summed E-state index contributed by atoms with van der Waals surface area (Å²) in [5.74, 6) is 0.526. The Labute approximate surface area is 185 Å². The number of hydrogen-bond acceptors (Lipinski definition) is 8. The number of carbonyl (C=O) groups excluding carboxylic acids is 1. The Hall–Kier alpha value is -2.56. The fourth-order valence-corrected chi connectivity index (χ4v) is 2.26. The second kappa shape index (κ2) is 8.63. The molecule has 0 aromatic carbocycles. The number of aryl methyl sites for hydroxylation is 1. The van der Waals surface area contributed by atoms with Crippen LogP contribution in [-0.2, 0) is 11.8 Å². The van der Waals surface area contributed by atoms with Gasteiger partial charge in [0.25, 0.3) is 0 Å². The Kier molecular flexibility index (Phi) is 6.70. The standard InChI is InChI=1S/C17H20N8O2.Na.H/c1-17(2,3)27-16(26)23-12-9-25(4)24-13(12)14-19-6-5-11(22-14)10-7-20-15(18)21-8-10;;/h5-9H,1-4H3,(H,23,26)(H2,18,20,21);;/p+1. The summed E-state index contributed by atoms with van der Waals surface area (Å²) in [5, 5.41) is 7.04. The molecule has 0 spiro atoms. The van der Waals surface area contributed by atoms with Crippen molar-refractivity contribution in [3.05, 3.63) is 30.9 Å². The van der Waals surface area contributed by atoms with Crippen LogP contribution in [0.15, 0.2) is 30.9 Å². The van der Waals surface area contributed by atoms with Crippen LogP contribution in [-0.4, -0.2) is 71.0 Å². The fourth-order valence-electron chi connectivity index (χ4n) is 2.26. The van der Waals surface area contributed by atoms with Gasteiger partial charge in [-0.2, -0.15) is 5.10 Å².